The van der Waals surface area contributed by atoms with Gasteiger partial charge in [0.1, 0.15) is 23.6 Å². The molecule has 2 aromatic carbocycles. The highest BCUT2D eigenvalue weighted by Gasteiger charge is 2.23. The van der Waals surface area contributed by atoms with Crippen molar-refractivity contribution >= 4 is 46.2 Å². The first kappa shape index (κ1) is 42.4. The van der Waals surface area contributed by atoms with Crippen molar-refractivity contribution in [1.82, 2.24) is 44.0 Å². The van der Waals surface area contributed by atoms with Gasteiger partial charge in [0.2, 0.25) is 5.95 Å². The minimum absolute atomic E-state index is 0.104. The fraction of sp³-hybridized carbons (Fsp3) is 0.459. The molecule has 0 spiro atoms. The minimum Gasteiger partial charge on any atom is -0.466 e. The third-order valence-corrected chi connectivity index (χ3v) is 8.87. The van der Waals surface area contributed by atoms with E-state index >= 15 is 4.39 Å². The maximum absolute atomic E-state index is 15.1. The second-order valence-corrected chi connectivity index (χ2v) is 14.6. The first-order chi connectivity index (χ1) is 27.0. The van der Waals surface area contributed by atoms with Crippen molar-refractivity contribution in [2.24, 2.45) is 7.05 Å². The fourth-order valence-electron chi connectivity index (χ4n) is 5.86. The fourth-order valence-corrected chi connectivity index (χ4v) is 6.13. The van der Waals surface area contributed by atoms with E-state index in [2.05, 4.69) is 30.8 Å². The zero-order valence-electron chi connectivity index (χ0n) is 32.2. The molecule has 0 bridgehead atoms. The number of amides is 1. The molecule has 306 valence electrons. The number of nitrogens with zero attached hydrogens (tertiary/aromatic N) is 8. The number of anilines is 2. The average molecular weight is 817 g/mol. The van der Waals surface area contributed by atoms with Gasteiger partial charge in [0.25, 0.3) is 0 Å². The number of unbranched alkanes of at least 4 members (excludes halogenated alkanes) is 1. The molecule has 0 saturated heterocycles. The summed E-state index contributed by atoms with van der Waals surface area (Å²) >= 11 is 6.80. The van der Waals surface area contributed by atoms with Crippen LogP contribution in [0.3, 0.4) is 0 Å². The van der Waals surface area contributed by atoms with Crippen molar-refractivity contribution in [3.8, 4) is 0 Å². The number of rotatable bonds is 17. The van der Waals surface area contributed by atoms with Gasteiger partial charge in [0, 0.05) is 49.8 Å². The van der Waals surface area contributed by atoms with Crippen LogP contribution in [0.2, 0.25) is 5.02 Å². The second kappa shape index (κ2) is 18.5. The number of aromatic nitrogens is 8. The summed E-state index contributed by atoms with van der Waals surface area (Å²) in [7, 11) is 1.72. The standard InChI is InChI=1S/C37H44ClF3N10O6/c1-6-7-14-56-31(52)11-9-13-51-30(43-21-44-51)20-50-34(53)46-33(49(36(50)55)18-22-15-27(40)28(41)17-26(22)39)45-32-23(10-8-12-42-35(54)57-37(2,3)4)24-19-48(5)47-29(24)16-25(32)38/h15-17,19,21H,6-14,18,20H2,1-5H3,(H,42,54)(H,45,46,53). The number of fused-ring (bicyclic) bond motifs is 1. The molecule has 0 saturated carbocycles. The summed E-state index contributed by atoms with van der Waals surface area (Å²) in [6, 6.07) is 2.53. The zero-order valence-corrected chi connectivity index (χ0v) is 33.0. The normalized spacial score (nSPS) is 11.6. The second-order valence-electron chi connectivity index (χ2n) is 14.2. The Kier molecular flexibility index (Phi) is 13.8. The Labute approximate surface area is 330 Å². The number of carbonyl (C=O) groups excluding carboxylic acids is 2. The van der Waals surface area contributed by atoms with Crippen LogP contribution in [0.25, 0.3) is 10.9 Å². The molecule has 0 unspecified atom stereocenters. The lowest BCUT2D eigenvalue weighted by molar-refractivity contribution is -0.143. The maximum Gasteiger partial charge on any atom is 0.407 e. The van der Waals surface area contributed by atoms with Gasteiger partial charge in [-0.2, -0.15) is 15.2 Å². The Balaban J connectivity index is 1.50. The Morgan fingerprint density at radius 2 is 1.74 bits per heavy atom. The van der Waals surface area contributed by atoms with Gasteiger partial charge in [-0.25, -0.2) is 41.8 Å². The van der Waals surface area contributed by atoms with Crippen LogP contribution in [-0.4, -0.2) is 69.5 Å². The number of aryl methyl sites for hydroxylation is 3. The van der Waals surface area contributed by atoms with Crippen molar-refractivity contribution in [3.05, 3.63) is 91.1 Å². The topological polar surface area (TPSA) is 182 Å². The van der Waals surface area contributed by atoms with Crippen LogP contribution in [-0.2, 0) is 47.4 Å². The van der Waals surface area contributed by atoms with Crippen LogP contribution in [0.4, 0.5) is 29.6 Å². The minimum atomic E-state index is -1.43. The van der Waals surface area contributed by atoms with Gasteiger partial charge < -0.3 is 20.1 Å². The molecule has 0 fully saturated rings. The van der Waals surface area contributed by atoms with E-state index in [-0.39, 0.29) is 48.0 Å². The van der Waals surface area contributed by atoms with Crippen LogP contribution in [0, 0.1) is 17.5 Å². The Morgan fingerprint density at radius 3 is 2.47 bits per heavy atom. The highest BCUT2D eigenvalue weighted by molar-refractivity contribution is 6.34. The molecule has 5 aromatic rings. The number of carbonyl (C=O) groups is 2. The quantitative estimate of drug-likeness (QED) is 0.0699. The predicted octanol–water partition coefficient (Wildman–Crippen LogP) is 5.37. The number of ether oxygens (including phenoxy) is 2. The highest BCUT2D eigenvalue weighted by Crippen LogP contribution is 2.35. The van der Waals surface area contributed by atoms with Gasteiger partial charge in [-0.3, -0.25) is 14.0 Å². The summed E-state index contributed by atoms with van der Waals surface area (Å²) < 4.78 is 58.5. The SMILES string of the molecule is CCCCOC(=O)CCCn1ncnc1Cn1c(=O)nc(Nc2c(Cl)cc3nn(C)cc3c2CCCNC(=O)OC(C)(C)C)n(Cc2cc(F)c(F)cc2F)c1=O. The first-order valence-electron chi connectivity index (χ1n) is 18.3. The Morgan fingerprint density at radius 1 is 0.982 bits per heavy atom. The molecule has 3 aromatic heterocycles. The third kappa shape index (κ3) is 11.0. The Bertz CT molecular complexity index is 2370. The molecule has 5 rings (SSSR count). The van der Waals surface area contributed by atoms with Crippen molar-refractivity contribution in [1.29, 1.82) is 0 Å². The highest BCUT2D eigenvalue weighted by atomic mass is 35.5. The molecule has 0 aliphatic rings. The van der Waals surface area contributed by atoms with E-state index in [1.54, 1.807) is 44.8 Å². The van der Waals surface area contributed by atoms with Crippen LogP contribution in [0.1, 0.15) is 76.8 Å². The van der Waals surface area contributed by atoms with Crippen molar-refractivity contribution in [3.63, 3.8) is 0 Å². The Hall–Kier alpha value is -5.72. The average Bonchev–Trinajstić information content (AvgIpc) is 3.73. The van der Waals surface area contributed by atoms with Gasteiger partial charge in [-0.15, -0.1) is 0 Å². The number of nitrogens with one attached hydrogen (secondary N) is 2. The van der Waals surface area contributed by atoms with E-state index in [4.69, 9.17) is 21.1 Å². The molecule has 16 nitrogen and oxygen atoms in total. The lowest BCUT2D eigenvalue weighted by Gasteiger charge is -2.20. The van der Waals surface area contributed by atoms with Crippen LogP contribution in [0.5, 0.6) is 0 Å². The van der Waals surface area contributed by atoms with Crippen LogP contribution < -0.4 is 22.0 Å². The summed E-state index contributed by atoms with van der Waals surface area (Å²) in [5.74, 6) is -4.51. The van der Waals surface area contributed by atoms with Crippen molar-refractivity contribution in [2.75, 3.05) is 18.5 Å². The lowest BCUT2D eigenvalue weighted by atomic mass is 10.0. The largest absolute Gasteiger partial charge is 0.466 e. The number of benzene rings is 2. The molecular weight excluding hydrogens is 773 g/mol. The molecule has 57 heavy (non-hydrogen) atoms. The number of esters is 1. The molecule has 1 amide bonds. The van der Waals surface area contributed by atoms with E-state index in [1.165, 1.54) is 11.0 Å². The van der Waals surface area contributed by atoms with Gasteiger partial charge in [-0.1, -0.05) is 24.9 Å². The smallest absolute Gasteiger partial charge is 0.407 e. The molecule has 0 aliphatic heterocycles. The molecule has 0 radical (unpaired) electrons. The summed E-state index contributed by atoms with van der Waals surface area (Å²) in [6.07, 6.45) is 5.12. The van der Waals surface area contributed by atoms with E-state index in [1.807, 2.05) is 6.92 Å². The molecule has 0 atom stereocenters. The van der Waals surface area contributed by atoms with Crippen LogP contribution >= 0.6 is 11.6 Å². The molecule has 2 N–H and O–H groups in total. The van der Waals surface area contributed by atoms with Crippen molar-refractivity contribution < 1.29 is 32.2 Å². The summed E-state index contributed by atoms with van der Waals surface area (Å²) in [5, 5.41) is 15.1. The van der Waals surface area contributed by atoms with Crippen LogP contribution in [0.15, 0.2) is 40.3 Å². The number of hydrogen-bond acceptors (Lipinski definition) is 11. The van der Waals surface area contributed by atoms with E-state index < -0.39 is 59.2 Å². The molecule has 20 heteroatoms. The van der Waals surface area contributed by atoms with E-state index in [0.29, 0.717) is 54.5 Å². The van der Waals surface area contributed by atoms with Gasteiger partial charge in [0.15, 0.2) is 11.6 Å². The maximum atomic E-state index is 15.1. The van der Waals surface area contributed by atoms with E-state index in [0.717, 1.165) is 22.0 Å². The summed E-state index contributed by atoms with van der Waals surface area (Å²) in [6.45, 7) is 6.84. The predicted molar refractivity (Wildman–Crippen MR) is 204 cm³/mol. The third-order valence-electron chi connectivity index (χ3n) is 8.57. The van der Waals surface area contributed by atoms with Crippen molar-refractivity contribution in [2.45, 2.75) is 91.5 Å². The number of halogens is 4. The summed E-state index contributed by atoms with van der Waals surface area (Å²) in [4.78, 5) is 60.6. The zero-order chi connectivity index (χ0) is 41.4. The number of alkyl carbamates (subject to hydrolysis) is 1. The summed E-state index contributed by atoms with van der Waals surface area (Å²) in [5.41, 5.74) is -1.79. The number of hydrogen-bond donors (Lipinski definition) is 2. The monoisotopic (exact) mass is 816 g/mol. The van der Waals surface area contributed by atoms with Gasteiger partial charge >= 0.3 is 23.4 Å². The molecular formula is C37H44ClF3N10O6. The van der Waals surface area contributed by atoms with Gasteiger partial charge in [0.05, 0.1) is 35.9 Å². The van der Waals surface area contributed by atoms with Gasteiger partial charge in [-0.05, 0) is 64.2 Å². The molecule has 3 heterocycles. The lowest BCUT2D eigenvalue weighted by Crippen LogP contribution is -2.43. The van der Waals surface area contributed by atoms with E-state index in [9.17, 15) is 28.0 Å². The molecule has 0 aliphatic carbocycles. The first-order valence-corrected chi connectivity index (χ1v) is 18.7.